The molecule has 1 rings (SSSR count). The van der Waals surface area contributed by atoms with E-state index in [2.05, 4.69) is 17.6 Å². The van der Waals surface area contributed by atoms with Crippen molar-refractivity contribution in [1.29, 1.82) is 0 Å². The van der Waals surface area contributed by atoms with E-state index in [1.807, 2.05) is 4.90 Å². The van der Waals surface area contributed by atoms with Crippen molar-refractivity contribution in [1.82, 2.24) is 15.5 Å². The molecule has 0 aromatic carbocycles. The average Bonchev–Trinajstić information content (AvgIpc) is 2.42. The van der Waals surface area contributed by atoms with Crippen molar-refractivity contribution in [3.63, 3.8) is 0 Å². The van der Waals surface area contributed by atoms with Crippen LogP contribution in [-0.4, -0.2) is 49.4 Å². The van der Waals surface area contributed by atoms with Gasteiger partial charge in [0, 0.05) is 45.6 Å². The lowest BCUT2D eigenvalue weighted by Crippen LogP contribution is -2.46. The van der Waals surface area contributed by atoms with Gasteiger partial charge in [0.15, 0.2) is 0 Å². The predicted octanol–water partition coefficient (Wildman–Crippen LogP) is 0.505. The van der Waals surface area contributed by atoms with Crippen LogP contribution in [0.2, 0.25) is 0 Å². The topological polar surface area (TPSA) is 61.4 Å². The van der Waals surface area contributed by atoms with Gasteiger partial charge >= 0.3 is 0 Å². The Bertz CT molecular complexity index is 263. The molecule has 0 radical (unpaired) electrons. The first-order valence-electron chi connectivity index (χ1n) is 6.99. The van der Waals surface area contributed by atoms with Crippen molar-refractivity contribution in [2.75, 3.05) is 32.7 Å². The zero-order chi connectivity index (χ0) is 13.2. The number of amides is 2. The van der Waals surface area contributed by atoms with E-state index in [1.165, 1.54) is 0 Å². The van der Waals surface area contributed by atoms with Crippen molar-refractivity contribution in [3.8, 4) is 0 Å². The quantitative estimate of drug-likeness (QED) is 0.651. The molecule has 1 aliphatic rings. The fraction of sp³-hybridized carbons (Fsp3) is 0.846. The number of carbonyl (C=O) groups excluding carboxylic acids is 2. The highest BCUT2D eigenvalue weighted by Gasteiger charge is 2.16. The lowest BCUT2D eigenvalue weighted by molar-refractivity contribution is -0.134. The van der Waals surface area contributed by atoms with Crippen LogP contribution in [0.25, 0.3) is 0 Å². The number of carbonyl (C=O) groups is 2. The van der Waals surface area contributed by atoms with E-state index >= 15 is 0 Å². The summed E-state index contributed by atoms with van der Waals surface area (Å²) in [7, 11) is 0. The fourth-order valence-electron chi connectivity index (χ4n) is 1.98. The van der Waals surface area contributed by atoms with Crippen molar-refractivity contribution >= 4 is 11.8 Å². The van der Waals surface area contributed by atoms with E-state index in [1.54, 1.807) is 0 Å². The van der Waals surface area contributed by atoms with Gasteiger partial charge in [0.25, 0.3) is 0 Å². The Kier molecular flexibility index (Phi) is 7.41. The highest BCUT2D eigenvalue weighted by atomic mass is 16.2. The van der Waals surface area contributed by atoms with Gasteiger partial charge in [-0.15, -0.1) is 0 Å². The number of piperazine rings is 1. The van der Waals surface area contributed by atoms with Crippen molar-refractivity contribution in [2.24, 2.45) is 0 Å². The third-order valence-corrected chi connectivity index (χ3v) is 3.14. The second-order valence-electron chi connectivity index (χ2n) is 4.69. The SMILES string of the molecule is CCCCCNC(=O)CCC(=O)N1CCNCC1. The number of nitrogens with one attached hydrogen (secondary N) is 2. The molecular weight excluding hydrogens is 230 g/mol. The van der Waals surface area contributed by atoms with Crippen molar-refractivity contribution in [3.05, 3.63) is 0 Å². The first kappa shape index (κ1) is 15.0. The lowest BCUT2D eigenvalue weighted by Gasteiger charge is -2.27. The van der Waals surface area contributed by atoms with E-state index in [0.29, 0.717) is 12.8 Å². The van der Waals surface area contributed by atoms with Crippen LogP contribution in [0.4, 0.5) is 0 Å². The Morgan fingerprint density at radius 1 is 1.17 bits per heavy atom. The number of hydrogen-bond donors (Lipinski definition) is 2. The number of hydrogen-bond acceptors (Lipinski definition) is 3. The average molecular weight is 255 g/mol. The molecule has 1 aliphatic heterocycles. The van der Waals surface area contributed by atoms with Crippen LogP contribution in [0, 0.1) is 0 Å². The molecular formula is C13H25N3O2. The second-order valence-corrected chi connectivity index (χ2v) is 4.69. The van der Waals surface area contributed by atoms with Crippen LogP contribution < -0.4 is 10.6 Å². The van der Waals surface area contributed by atoms with E-state index in [0.717, 1.165) is 52.0 Å². The van der Waals surface area contributed by atoms with Crippen LogP contribution >= 0.6 is 0 Å². The van der Waals surface area contributed by atoms with Gasteiger partial charge in [-0.1, -0.05) is 19.8 Å². The summed E-state index contributed by atoms with van der Waals surface area (Å²) in [6, 6.07) is 0. The smallest absolute Gasteiger partial charge is 0.223 e. The molecule has 1 saturated heterocycles. The summed E-state index contributed by atoms with van der Waals surface area (Å²) in [5, 5.41) is 6.05. The van der Waals surface area contributed by atoms with E-state index in [-0.39, 0.29) is 11.8 Å². The first-order chi connectivity index (χ1) is 8.74. The van der Waals surface area contributed by atoms with Gasteiger partial charge in [-0.25, -0.2) is 0 Å². The number of rotatable bonds is 7. The molecule has 18 heavy (non-hydrogen) atoms. The van der Waals surface area contributed by atoms with Crippen LogP contribution in [0.1, 0.15) is 39.0 Å². The Morgan fingerprint density at radius 2 is 1.89 bits per heavy atom. The molecule has 1 fully saturated rings. The molecule has 0 atom stereocenters. The molecule has 104 valence electrons. The molecule has 0 aromatic heterocycles. The minimum Gasteiger partial charge on any atom is -0.356 e. The summed E-state index contributed by atoms with van der Waals surface area (Å²) in [6.45, 7) is 6.10. The maximum absolute atomic E-state index is 11.8. The standard InChI is InChI=1S/C13H25N3O2/c1-2-3-4-7-15-12(17)5-6-13(18)16-10-8-14-9-11-16/h14H,2-11H2,1H3,(H,15,17). The van der Waals surface area contributed by atoms with Gasteiger partial charge in [-0.05, 0) is 6.42 Å². The lowest BCUT2D eigenvalue weighted by atomic mass is 10.2. The van der Waals surface area contributed by atoms with E-state index in [4.69, 9.17) is 0 Å². The Morgan fingerprint density at radius 3 is 2.56 bits per heavy atom. The molecule has 5 heteroatoms. The largest absolute Gasteiger partial charge is 0.356 e. The van der Waals surface area contributed by atoms with Gasteiger partial charge in [0.1, 0.15) is 0 Å². The summed E-state index contributed by atoms with van der Waals surface area (Å²) in [4.78, 5) is 25.1. The fourth-order valence-corrected chi connectivity index (χ4v) is 1.98. The zero-order valence-corrected chi connectivity index (χ0v) is 11.3. The Hall–Kier alpha value is -1.10. The molecule has 2 amide bonds. The first-order valence-corrected chi connectivity index (χ1v) is 6.99. The van der Waals surface area contributed by atoms with E-state index in [9.17, 15) is 9.59 Å². The maximum atomic E-state index is 11.8. The molecule has 0 bridgehead atoms. The van der Waals surface area contributed by atoms with Gasteiger partial charge < -0.3 is 15.5 Å². The molecule has 2 N–H and O–H groups in total. The van der Waals surface area contributed by atoms with Crippen LogP contribution in [0.3, 0.4) is 0 Å². The summed E-state index contributed by atoms with van der Waals surface area (Å²) < 4.78 is 0. The molecule has 5 nitrogen and oxygen atoms in total. The predicted molar refractivity (Wildman–Crippen MR) is 71.2 cm³/mol. The molecule has 0 aliphatic carbocycles. The molecule has 0 unspecified atom stereocenters. The van der Waals surface area contributed by atoms with Crippen molar-refractivity contribution in [2.45, 2.75) is 39.0 Å². The van der Waals surface area contributed by atoms with Crippen LogP contribution in [0.5, 0.6) is 0 Å². The Labute approximate surface area is 109 Å². The monoisotopic (exact) mass is 255 g/mol. The van der Waals surface area contributed by atoms with E-state index < -0.39 is 0 Å². The Balaban J connectivity index is 2.07. The minimum atomic E-state index is -0.00501. The van der Waals surface area contributed by atoms with Crippen LogP contribution in [0.15, 0.2) is 0 Å². The summed E-state index contributed by atoms with van der Waals surface area (Å²) in [5.41, 5.74) is 0. The highest BCUT2D eigenvalue weighted by Crippen LogP contribution is 2.00. The summed E-state index contributed by atoms with van der Waals surface area (Å²) >= 11 is 0. The van der Waals surface area contributed by atoms with Crippen molar-refractivity contribution < 1.29 is 9.59 Å². The van der Waals surface area contributed by atoms with Crippen LogP contribution in [-0.2, 0) is 9.59 Å². The minimum absolute atomic E-state index is 0.00501. The zero-order valence-electron chi connectivity index (χ0n) is 11.3. The van der Waals surface area contributed by atoms with Gasteiger partial charge in [-0.3, -0.25) is 9.59 Å². The maximum Gasteiger partial charge on any atom is 0.223 e. The van der Waals surface area contributed by atoms with Gasteiger partial charge in [-0.2, -0.15) is 0 Å². The van der Waals surface area contributed by atoms with Gasteiger partial charge in [0.05, 0.1) is 0 Å². The highest BCUT2D eigenvalue weighted by molar-refractivity contribution is 5.83. The molecule has 0 saturated carbocycles. The third kappa shape index (κ3) is 6.00. The molecule has 0 aromatic rings. The van der Waals surface area contributed by atoms with Gasteiger partial charge in [0.2, 0.25) is 11.8 Å². The summed E-state index contributed by atoms with van der Waals surface area (Å²) in [5.74, 6) is 0.0924. The molecule has 0 spiro atoms. The second kappa shape index (κ2) is 8.91. The number of nitrogens with zero attached hydrogens (tertiary/aromatic N) is 1. The summed E-state index contributed by atoms with van der Waals surface area (Å²) in [6.07, 6.45) is 3.96. The molecule has 1 heterocycles. The third-order valence-electron chi connectivity index (χ3n) is 3.14. The number of unbranched alkanes of at least 4 members (excludes halogenated alkanes) is 2. The normalized spacial score (nSPS) is 15.5.